The van der Waals surface area contributed by atoms with E-state index in [1.807, 2.05) is 23.6 Å². The van der Waals surface area contributed by atoms with Crippen molar-refractivity contribution < 1.29 is 13.2 Å². The van der Waals surface area contributed by atoms with E-state index in [2.05, 4.69) is 38.5 Å². The number of hydrogen-bond acceptors (Lipinski definition) is 7. The highest BCUT2D eigenvalue weighted by atomic mass is 32.2. The maximum absolute atomic E-state index is 11.5. The van der Waals surface area contributed by atoms with Crippen LogP contribution in [0.1, 0.15) is 39.7 Å². The zero-order valence-corrected chi connectivity index (χ0v) is 17.2. The molecule has 0 saturated heterocycles. The molecule has 0 bridgehead atoms. The molecule has 10 heteroatoms. The summed E-state index contributed by atoms with van der Waals surface area (Å²) in [4.78, 5) is 17.9. The number of nitrogens with zero attached hydrogens (tertiary/aromatic N) is 5. The highest BCUT2D eigenvalue weighted by molar-refractivity contribution is 7.92. The van der Waals surface area contributed by atoms with Crippen molar-refractivity contribution in [2.45, 2.75) is 39.7 Å². The number of ether oxygens (including phenoxy) is 1. The van der Waals surface area contributed by atoms with Crippen LogP contribution in [0.2, 0.25) is 0 Å². The average molecular weight is 404 g/mol. The average Bonchev–Trinajstić information content (AvgIpc) is 3.01. The number of hydrogen-bond donors (Lipinski definition) is 1. The van der Waals surface area contributed by atoms with Crippen molar-refractivity contribution in [1.82, 2.24) is 24.5 Å². The minimum atomic E-state index is -3.45. The van der Waals surface area contributed by atoms with E-state index in [0.29, 0.717) is 35.3 Å². The lowest BCUT2D eigenvalue weighted by Gasteiger charge is -2.18. The van der Waals surface area contributed by atoms with Gasteiger partial charge in [-0.15, -0.1) is 0 Å². The standard InChI is InChI=1S/C18H24N6O3S/c1-5-12(6-2)24-17(13-9-8-10-15(20-13)27-7-3)22-16-18(24)19-11-14(21-16)23-28(4,25)26/h8-12H,5-7H2,1-4H3,(H,21,23). The predicted octanol–water partition coefficient (Wildman–Crippen LogP) is 3.02. The molecule has 0 radical (unpaired) electrons. The van der Waals surface area contributed by atoms with Gasteiger partial charge in [0.15, 0.2) is 22.9 Å². The zero-order valence-electron chi connectivity index (χ0n) is 16.4. The third-order valence-corrected chi connectivity index (χ3v) is 4.83. The zero-order chi connectivity index (χ0) is 20.3. The highest BCUT2D eigenvalue weighted by Crippen LogP contribution is 2.30. The molecule has 1 N–H and O–H groups in total. The van der Waals surface area contributed by atoms with E-state index in [1.54, 1.807) is 6.07 Å². The number of imidazole rings is 1. The van der Waals surface area contributed by atoms with E-state index in [9.17, 15) is 8.42 Å². The largest absolute Gasteiger partial charge is 0.478 e. The number of fused-ring (bicyclic) bond motifs is 1. The van der Waals surface area contributed by atoms with Crippen LogP contribution < -0.4 is 9.46 Å². The second kappa shape index (κ2) is 8.09. The van der Waals surface area contributed by atoms with Gasteiger partial charge in [-0.25, -0.2) is 28.4 Å². The first-order valence-electron chi connectivity index (χ1n) is 9.19. The molecule has 0 aromatic carbocycles. The van der Waals surface area contributed by atoms with Gasteiger partial charge in [-0.3, -0.25) is 4.72 Å². The monoisotopic (exact) mass is 404 g/mol. The van der Waals surface area contributed by atoms with Gasteiger partial charge in [0, 0.05) is 12.1 Å². The van der Waals surface area contributed by atoms with Crippen molar-refractivity contribution in [1.29, 1.82) is 0 Å². The predicted molar refractivity (Wildman–Crippen MR) is 108 cm³/mol. The molecule has 0 aliphatic rings. The van der Waals surface area contributed by atoms with E-state index in [4.69, 9.17) is 4.74 Å². The normalized spacial score (nSPS) is 11.9. The third kappa shape index (κ3) is 4.22. The molecule has 9 nitrogen and oxygen atoms in total. The molecular formula is C18H24N6O3S. The molecule has 3 aromatic heterocycles. The Balaban J connectivity index is 2.19. The Hall–Kier alpha value is -2.75. The molecule has 0 atom stereocenters. The van der Waals surface area contributed by atoms with Gasteiger partial charge in [0.25, 0.3) is 0 Å². The van der Waals surface area contributed by atoms with Gasteiger partial charge in [0.2, 0.25) is 15.9 Å². The summed E-state index contributed by atoms with van der Waals surface area (Å²) in [5.74, 6) is 1.28. The number of rotatable bonds is 8. The Morgan fingerprint density at radius 2 is 1.89 bits per heavy atom. The molecule has 3 aromatic rings. The summed E-state index contributed by atoms with van der Waals surface area (Å²) in [5.41, 5.74) is 1.60. The fraction of sp³-hybridized carbons (Fsp3) is 0.444. The number of aromatic nitrogens is 5. The van der Waals surface area contributed by atoms with Crippen molar-refractivity contribution in [2.75, 3.05) is 17.6 Å². The lowest BCUT2D eigenvalue weighted by molar-refractivity contribution is 0.327. The summed E-state index contributed by atoms with van der Waals surface area (Å²) in [6.45, 7) is 6.61. The van der Waals surface area contributed by atoms with Crippen molar-refractivity contribution in [3.8, 4) is 17.4 Å². The molecule has 28 heavy (non-hydrogen) atoms. The highest BCUT2D eigenvalue weighted by Gasteiger charge is 2.22. The topological polar surface area (TPSA) is 112 Å². The molecule has 0 fully saturated rings. The molecule has 3 rings (SSSR count). The molecule has 0 amide bonds. The first-order valence-corrected chi connectivity index (χ1v) is 11.1. The van der Waals surface area contributed by atoms with Crippen molar-refractivity contribution in [2.24, 2.45) is 0 Å². The van der Waals surface area contributed by atoms with Crippen LogP contribution in [-0.4, -0.2) is 45.8 Å². The molecule has 3 heterocycles. The van der Waals surface area contributed by atoms with Crippen molar-refractivity contribution >= 4 is 27.1 Å². The smallest absolute Gasteiger partial charge is 0.231 e. The van der Waals surface area contributed by atoms with Crippen LogP contribution in [-0.2, 0) is 10.0 Å². The van der Waals surface area contributed by atoms with Crippen LogP contribution in [0.5, 0.6) is 5.88 Å². The Labute approximate surface area is 164 Å². The number of nitrogens with one attached hydrogen (secondary N) is 1. The van der Waals surface area contributed by atoms with Crippen LogP contribution in [0.4, 0.5) is 5.82 Å². The van der Waals surface area contributed by atoms with Gasteiger partial charge in [-0.1, -0.05) is 19.9 Å². The molecule has 0 aliphatic heterocycles. The maximum Gasteiger partial charge on any atom is 0.231 e. The van der Waals surface area contributed by atoms with Gasteiger partial charge < -0.3 is 9.30 Å². The van der Waals surface area contributed by atoms with Crippen LogP contribution in [0.15, 0.2) is 24.4 Å². The Bertz CT molecular complexity index is 1080. The van der Waals surface area contributed by atoms with Gasteiger partial charge in [0.1, 0.15) is 5.69 Å². The van der Waals surface area contributed by atoms with E-state index >= 15 is 0 Å². The van der Waals surface area contributed by atoms with E-state index in [1.165, 1.54) is 6.20 Å². The SMILES string of the molecule is CCOc1cccc(-c2nc3nc(NS(C)(=O)=O)cnc3n2C(CC)CC)n1. The van der Waals surface area contributed by atoms with Gasteiger partial charge in [-0.05, 0) is 25.8 Å². The summed E-state index contributed by atoms with van der Waals surface area (Å²) in [6, 6.07) is 5.67. The van der Waals surface area contributed by atoms with Crippen molar-refractivity contribution in [3.05, 3.63) is 24.4 Å². The number of pyridine rings is 1. The molecule has 0 spiro atoms. The minimum absolute atomic E-state index is 0.131. The van der Waals surface area contributed by atoms with Gasteiger partial charge >= 0.3 is 0 Å². The van der Waals surface area contributed by atoms with Crippen LogP contribution >= 0.6 is 0 Å². The van der Waals surface area contributed by atoms with Crippen LogP contribution in [0.25, 0.3) is 22.8 Å². The summed E-state index contributed by atoms with van der Waals surface area (Å²) < 4.78 is 32.9. The second-order valence-electron chi connectivity index (χ2n) is 6.35. The summed E-state index contributed by atoms with van der Waals surface area (Å²) in [6.07, 6.45) is 4.23. The van der Waals surface area contributed by atoms with Gasteiger partial charge in [0.05, 0.1) is 19.1 Å². The molecule has 150 valence electrons. The van der Waals surface area contributed by atoms with E-state index < -0.39 is 10.0 Å². The summed E-state index contributed by atoms with van der Waals surface area (Å²) in [5, 5.41) is 0. The third-order valence-electron chi connectivity index (χ3n) is 4.25. The Morgan fingerprint density at radius 1 is 1.14 bits per heavy atom. The fourth-order valence-corrected chi connectivity index (χ4v) is 3.54. The second-order valence-corrected chi connectivity index (χ2v) is 8.09. The van der Waals surface area contributed by atoms with Crippen molar-refractivity contribution in [3.63, 3.8) is 0 Å². The summed E-state index contributed by atoms with van der Waals surface area (Å²) >= 11 is 0. The Kier molecular flexibility index (Phi) is 5.78. The molecule has 0 aliphatic carbocycles. The fourth-order valence-electron chi connectivity index (χ4n) is 3.06. The number of sulfonamides is 1. The summed E-state index contributed by atoms with van der Waals surface area (Å²) in [7, 11) is -3.45. The molecule has 0 saturated carbocycles. The minimum Gasteiger partial charge on any atom is -0.478 e. The maximum atomic E-state index is 11.5. The first-order chi connectivity index (χ1) is 13.4. The lowest BCUT2D eigenvalue weighted by atomic mass is 10.1. The van der Waals surface area contributed by atoms with Gasteiger partial charge in [-0.2, -0.15) is 0 Å². The number of anilines is 1. The van der Waals surface area contributed by atoms with Crippen LogP contribution in [0, 0.1) is 0 Å². The lowest BCUT2D eigenvalue weighted by Crippen LogP contribution is -2.12. The molecule has 0 unspecified atom stereocenters. The first kappa shape index (κ1) is 20.0. The van der Waals surface area contributed by atoms with E-state index in [0.717, 1.165) is 19.1 Å². The Morgan fingerprint density at radius 3 is 2.54 bits per heavy atom. The quantitative estimate of drug-likeness (QED) is 0.614. The van der Waals surface area contributed by atoms with Crippen LogP contribution in [0.3, 0.4) is 0 Å². The molecular weight excluding hydrogens is 380 g/mol. The van der Waals surface area contributed by atoms with E-state index in [-0.39, 0.29) is 11.9 Å².